The van der Waals surface area contributed by atoms with Crippen LogP contribution < -0.4 is 5.32 Å². The Labute approximate surface area is 222 Å². The number of fused-ring (bicyclic) bond motifs is 6. The van der Waals surface area contributed by atoms with Gasteiger partial charge in [-0.2, -0.15) is 0 Å². The predicted octanol–water partition coefficient (Wildman–Crippen LogP) is 1.70. The molecule has 11 nitrogen and oxygen atoms in total. The number of anilines is 1. The van der Waals surface area contributed by atoms with Crippen LogP contribution in [-0.4, -0.2) is 76.1 Å². The number of nitrogens with one attached hydrogen (secondary N) is 1. The number of aromatic nitrogens is 4. The van der Waals surface area contributed by atoms with Gasteiger partial charge in [0.2, 0.25) is 0 Å². The molecule has 5 aromatic rings. The molecule has 0 amide bonds. The van der Waals surface area contributed by atoms with Gasteiger partial charge in [0.05, 0.1) is 25.1 Å². The molecular weight excluding hydrogens is 502 g/mol. The van der Waals surface area contributed by atoms with E-state index in [0.717, 1.165) is 21.5 Å². The van der Waals surface area contributed by atoms with Crippen LogP contribution in [0.3, 0.4) is 0 Å². The lowest BCUT2D eigenvalue weighted by Gasteiger charge is -2.38. The van der Waals surface area contributed by atoms with Crippen LogP contribution in [0.1, 0.15) is 35.9 Å². The van der Waals surface area contributed by atoms with Crippen molar-refractivity contribution in [3.63, 3.8) is 0 Å². The number of rotatable bonds is 4. The minimum Gasteiger partial charge on any atom is -0.394 e. The van der Waals surface area contributed by atoms with Gasteiger partial charge in [0.1, 0.15) is 37.0 Å². The number of hydrogen-bond donors (Lipinski definition) is 6. The van der Waals surface area contributed by atoms with Gasteiger partial charge in [-0.25, -0.2) is 15.0 Å². The standard InChI is InChI=1S/C28H27N5O6/c34-10-19-18(35)9-20(39-19)33-12-31-23-27(29-11-30-28(23)33)32-22-21-16-6-5-13-3-1-2-4-14(13)15(16)7-8-17(21)24(36)26(38)25(22)37/h1-8,11-12,18-20,22,24-26,34-38H,9-10H2,(H,29,30,32)/t18-,19+,20+,22-,24+,25+,26-/m0/s1. The molecule has 39 heavy (non-hydrogen) atoms. The van der Waals surface area contributed by atoms with E-state index < -0.39 is 42.8 Å². The van der Waals surface area contributed by atoms with Crippen molar-refractivity contribution in [1.29, 1.82) is 0 Å². The van der Waals surface area contributed by atoms with Gasteiger partial charge in [-0.15, -0.1) is 0 Å². The van der Waals surface area contributed by atoms with Gasteiger partial charge in [0.25, 0.3) is 0 Å². The molecule has 2 aromatic heterocycles. The van der Waals surface area contributed by atoms with E-state index in [1.54, 1.807) is 10.6 Å². The molecule has 1 aliphatic carbocycles. The maximum Gasteiger partial charge on any atom is 0.167 e. The van der Waals surface area contributed by atoms with Crippen LogP contribution in [0.25, 0.3) is 32.7 Å². The van der Waals surface area contributed by atoms with E-state index in [9.17, 15) is 25.5 Å². The molecule has 7 atom stereocenters. The van der Waals surface area contributed by atoms with Crippen molar-refractivity contribution in [2.45, 2.75) is 49.2 Å². The molecule has 200 valence electrons. The van der Waals surface area contributed by atoms with E-state index in [4.69, 9.17) is 4.74 Å². The molecule has 6 N–H and O–H groups in total. The molecule has 3 aromatic carbocycles. The maximum atomic E-state index is 11.2. The van der Waals surface area contributed by atoms with Gasteiger partial charge in [0, 0.05) is 6.42 Å². The smallest absolute Gasteiger partial charge is 0.167 e. The molecule has 11 heteroatoms. The topological polar surface area (TPSA) is 166 Å². The number of nitrogens with zero attached hydrogens (tertiary/aromatic N) is 4. The summed E-state index contributed by atoms with van der Waals surface area (Å²) in [5.74, 6) is 0.326. The summed E-state index contributed by atoms with van der Waals surface area (Å²) in [4.78, 5) is 13.2. The van der Waals surface area contributed by atoms with Crippen LogP contribution >= 0.6 is 0 Å². The third-order valence-electron chi connectivity index (χ3n) is 7.99. The van der Waals surface area contributed by atoms with Crippen molar-refractivity contribution in [2.24, 2.45) is 0 Å². The first-order chi connectivity index (χ1) is 19.0. The fourth-order valence-electron chi connectivity index (χ4n) is 6.00. The van der Waals surface area contributed by atoms with Crippen molar-refractivity contribution in [3.05, 3.63) is 72.3 Å². The van der Waals surface area contributed by atoms with E-state index in [1.807, 2.05) is 42.5 Å². The lowest BCUT2D eigenvalue weighted by Crippen LogP contribution is -2.44. The Kier molecular flexibility index (Phi) is 5.74. The van der Waals surface area contributed by atoms with Gasteiger partial charge in [-0.05, 0) is 32.7 Å². The summed E-state index contributed by atoms with van der Waals surface area (Å²) >= 11 is 0. The second kappa shape index (κ2) is 9.19. The van der Waals surface area contributed by atoms with Gasteiger partial charge in [0.15, 0.2) is 17.0 Å². The predicted molar refractivity (Wildman–Crippen MR) is 142 cm³/mol. The van der Waals surface area contributed by atoms with Crippen molar-refractivity contribution >= 4 is 38.5 Å². The molecule has 2 aliphatic rings. The first-order valence-corrected chi connectivity index (χ1v) is 12.8. The molecule has 0 spiro atoms. The van der Waals surface area contributed by atoms with Crippen molar-refractivity contribution in [2.75, 3.05) is 11.9 Å². The third kappa shape index (κ3) is 3.70. The van der Waals surface area contributed by atoms with Crippen molar-refractivity contribution < 1.29 is 30.3 Å². The lowest BCUT2D eigenvalue weighted by atomic mass is 9.78. The Balaban J connectivity index is 1.34. The van der Waals surface area contributed by atoms with Crippen LogP contribution in [0.15, 0.2) is 61.2 Å². The van der Waals surface area contributed by atoms with Crippen LogP contribution in [0, 0.1) is 0 Å². The molecule has 3 heterocycles. The lowest BCUT2D eigenvalue weighted by molar-refractivity contribution is -0.0766. The highest BCUT2D eigenvalue weighted by Crippen LogP contribution is 2.44. The average molecular weight is 530 g/mol. The van der Waals surface area contributed by atoms with E-state index in [1.165, 1.54) is 12.7 Å². The summed E-state index contributed by atoms with van der Waals surface area (Å²) in [6.45, 7) is -0.303. The van der Waals surface area contributed by atoms with Gasteiger partial charge in [-0.1, -0.05) is 48.5 Å². The number of imidazole rings is 1. The summed E-state index contributed by atoms with van der Waals surface area (Å²) in [7, 11) is 0. The highest BCUT2D eigenvalue weighted by Gasteiger charge is 2.42. The Morgan fingerprint density at radius 3 is 2.54 bits per heavy atom. The summed E-state index contributed by atoms with van der Waals surface area (Å²) in [5, 5.41) is 59.7. The average Bonchev–Trinajstić information content (AvgIpc) is 3.56. The third-order valence-corrected chi connectivity index (χ3v) is 7.99. The Bertz CT molecular complexity index is 1710. The second-order valence-corrected chi connectivity index (χ2v) is 10.2. The molecule has 1 saturated heterocycles. The molecule has 0 saturated carbocycles. The molecular formula is C28H27N5O6. The van der Waals surface area contributed by atoms with Crippen molar-refractivity contribution in [1.82, 2.24) is 19.5 Å². The fourth-order valence-corrected chi connectivity index (χ4v) is 6.00. The second-order valence-electron chi connectivity index (χ2n) is 10.2. The molecule has 0 radical (unpaired) electrons. The van der Waals surface area contributed by atoms with E-state index in [2.05, 4.69) is 20.3 Å². The summed E-state index contributed by atoms with van der Waals surface area (Å²) in [6, 6.07) is 14.9. The quantitative estimate of drug-likeness (QED) is 0.189. The Hall–Kier alpha value is -3.71. The van der Waals surface area contributed by atoms with Gasteiger partial charge < -0.3 is 35.6 Å². The SMILES string of the molecule is OC[C@H]1O[C@@H](n2cnc3c(N[C@H]4c5c(ccc6c5ccc5ccccc56)[C@@H](O)[C@H](O)[C@@H]4O)ncnc32)C[C@@H]1O. The zero-order valence-electron chi connectivity index (χ0n) is 20.7. The number of ether oxygens (including phenoxy) is 1. The molecule has 7 rings (SSSR count). The zero-order chi connectivity index (χ0) is 26.8. The Morgan fingerprint density at radius 2 is 1.72 bits per heavy atom. The zero-order valence-corrected chi connectivity index (χ0v) is 20.7. The minimum absolute atomic E-state index is 0.266. The highest BCUT2D eigenvalue weighted by molar-refractivity contribution is 6.09. The first kappa shape index (κ1) is 24.3. The van der Waals surface area contributed by atoms with E-state index in [0.29, 0.717) is 28.1 Å². The minimum atomic E-state index is -1.42. The van der Waals surface area contributed by atoms with Gasteiger partial charge in [-0.3, -0.25) is 4.57 Å². The number of hydrogen-bond acceptors (Lipinski definition) is 10. The number of aliphatic hydroxyl groups excluding tert-OH is 5. The summed E-state index contributed by atoms with van der Waals surface area (Å²) < 4.78 is 7.45. The van der Waals surface area contributed by atoms with Crippen LogP contribution in [-0.2, 0) is 4.74 Å². The first-order valence-electron chi connectivity index (χ1n) is 12.8. The van der Waals surface area contributed by atoms with E-state index >= 15 is 0 Å². The molecule has 0 bridgehead atoms. The van der Waals surface area contributed by atoms with E-state index in [-0.39, 0.29) is 13.0 Å². The molecule has 0 unspecified atom stereocenters. The Morgan fingerprint density at radius 1 is 0.897 bits per heavy atom. The van der Waals surface area contributed by atoms with Crippen LogP contribution in [0.5, 0.6) is 0 Å². The summed E-state index contributed by atoms with van der Waals surface area (Å²) in [6.07, 6.45) is -2.97. The molecule has 1 fully saturated rings. The van der Waals surface area contributed by atoms with Crippen molar-refractivity contribution in [3.8, 4) is 0 Å². The summed E-state index contributed by atoms with van der Waals surface area (Å²) in [5.41, 5.74) is 2.04. The fraction of sp³-hybridized carbons (Fsp3) is 0.321. The highest BCUT2D eigenvalue weighted by atomic mass is 16.5. The molecule has 1 aliphatic heterocycles. The monoisotopic (exact) mass is 529 g/mol. The maximum absolute atomic E-state index is 11.2. The number of aliphatic hydroxyl groups is 5. The van der Waals surface area contributed by atoms with Crippen LogP contribution in [0.4, 0.5) is 5.82 Å². The van der Waals surface area contributed by atoms with Gasteiger partial charge >= 0.3 is 0 Å². The number of benzene rings is 3. The normalized spacial score (nSPS) is 28.8. The largest absolute Gasteiger partial charge is 0.394 e. The van der Waals surface area contributed by atoms with Crippen LogP contribution in [0.2, 0.25) is 0 Å².